The summed E-state index contributed by atoms with van der Waals surface area (Å²) in [7, 11) is 0. The van der Waals surface area contributed by atoms with Gasteiger partial charge < -0.3 is 10.1 Å². The maximum absolute atomic E-state index is 11.9. The van der Waals surface area contributed by atoms with Crippen LogP contribution in [0.5, 0.6) is 0 Å². The van der Waals surface area contributed by atoms with Gasteiger partial charge in [-0.2, -0.15) is 0 Å². The molecule has 1 saturated carbocycles. The van der Waals surface area contributed by atoms with Crippen LogP contribution in [0.3, 0.4) is 0 Å². The zero-order valence-corrected chi connectivity index (χ0v) is 10.6. The van der Waals surface area contributed by atoms with Gasteiger partial charge in [-0.15, -0.1) is 0 Å². The van der Waals surface area contributed by atoms with Gasteiger partial charge in [0.2, 0.25) is 5.91 Å². The molecule has 1 aliphatic carbocycles. The number of rotatable bonds is 4. The Morgan fingerprint density at radius 3 is 2.76 bits per heavy atom. The Morgan fingerprint density at radius 2 is 2.24 bits per heavy atom. The average Bonchev–Trinajstić information content (AvgIpc) is 2.49. The maximum atomic E-state index is 11.9. The molecule has 0 aromatic rings. The molecule has 1 saturated heterocycles. The molecular formula is C13H21NO3. The Hall–Kier alpha value is -1.06. The molecule has 2 aliphatic rings. The molecule has 0 aromatic carbocycles. The molecule has 1 aliphatic heterocycles. The van der Waals surface area contributed by atoms with Crippen LogP contribution in [0.15, 0.2) is 0 Å². The van der Waals surface area contributed by atoms with Crippen LogP contribution in [0.1, 0.15) is 46.0 Å². The maximum Gasteiger partial charge on any atom is 0.329 e. The van der Waals surface area contributed by atoms with E-state index >= 15 is 0 Å². The molecule has 17 heavy (non-hydrogen) atoms. The molecule has 96 valence electrons. The molecule has 2 fully saturated rings. The number of nitrogens with one attached hydrogen (secondary N) is 1. The van der Waals surface area contributed by atoms with Crippen molar-refractivity contribution in [2.24, 2.45) is 11.3 Å². The van der Waals surface area contributed by atoms with Crippen LogP contribution >= 0.6 is 0 Å². The van der Waals surface area contributed by atoms with Gasteiger partial charge in [-0.05, 0) is 19.3 Å². The van der Waals surface area contributed by atoms with Crippen LogP contribution in [-0.2, 0) is 14.3 Å². The molecule has 1 amide bonds. The number of carbonyl (C=O) groups excluding carboxylic acids is 2. The largest absolute Gasteiger partial charge is 0.464 e. The second-order valence-electron chi connectivity index (χ2n) is 5.58. The number of hydrogen-bond acceptors (Lipinski definition) is 3. The molecule has 4 nitrogen and oxygen atoms in total. The molecular weight excluding hydrogens is 218 g/mol. The molecule has 4 heteroatoms. The lowest BCUT2D eigenvalue weighted by molar-refractivity contribution is -0.148. The van der Waals surface area contributed by atoms with Crippen molar-refractivity contribution < 1.29 is 14.3 Å². The molecule has 0 spiro atoms. The molecule has 0 aromatic heterocycles. The van der Waals surface area contributed by atoms with Crippen molar-refractivity contribution in [3.05, 3.63) is 0 Å². The summed E-state index contributed by atoms with van der Waals surface area (Å²) in [5.74, 6) is 0.384. The van der Waals surface area contributed by atoms with Crippen LogP contribution in [0.2, 0.25) is 0 Å². The SMILES string of the molecule is CCOC(=O)C1NC(=O)CC1(C)CC1CCC1. The van der Waals surface area contributed by atoms with Crippen molar-refractivity contribution in [2.45, 2.75) is 52.0 Å². The first-order chi connectivity index (χ1) is 8.05. The fourth-order valence-electron chi connectivity index (χ4n) is 2.97. The third-order valence-corrected chi connectivity index (χ3v) is 4.07. The zero-order chi connectivity index (χ0) is 12.5. The Balaban J connectivity index is 2.05. The lowest BCUT2D eigenvalue weighted by Gasteiger charge is -2.36. The van der Waals surface area contributed by atoms with E-state index in [0.717, 1.165) is 6.42 Å². The van der Waals surface area contributed by atoms with E-state index in [2.05, 4.69) is 5.32 Å². The molecule has 1 N–H and O–H groups in total. The predicted octanol–water partition coefficient (Wildman–Crippen LogP) is 1.63. The van der Waals surface area contributed by atoms with Gasteiger partial charge in [0.15, 0.2) is 0 Å². The van der Waals surface area contributed by atoms with E-state index in [4.69, 9.17) is 4.74 Å². The summed E-state index contributed by atoms with van der Waals surface area (Å²) in [6.45, 7) is 4.19. The molecule has 2 rings (SSSR count). The molecule has 1 heterocycles. The fourth-order valence-corrected chi connectivity index (χ4v) is 2.97. The van der Waals surface area contributed by atoms with Crippen LogP contribution in [0.25, 0.3) is 0 Å². The summed E-state index contributed by atoms with van der Waals surface area (Å²) >= 11 is 0. The normalized spacial score (nSPS) is 33.1. The Labute approximate surface area is 102 Å². The van der Waals surface area contributed by atoms with Gasteiger partial charge in [0.05, 0.1) is 6.61 Å². The molecule has 0 bridgehead atoms. The van der Waals surface area contributed by atoms with Gasteiger partial charge >= 0.3 is 5.97 Å². The van der Waals surface area contributed by atoms with Crippen molar-refractivity contribution in [3.8, 4) is 0 Å². The van der Waals surface area contributed by atoms with Gasteiger partial charge in [-0.1, -0.05) is 26.2 Å². The monoisotopic (exact) mass is 239 g/mol. The van der Waals surface area contributed by atoms with E-state index < -0.39 is 6.04 Å². The highest BCUT2D eigenvalue weighted by Crippen LogP contribution is 2.43. The lowest BCUT2D eigenvalue weighted by Crippen LogP contribution is -2.44. The Morgan fingerprint density at radius 1 is 1.53 bits per heavy atom. The standard InChI is InChI=1S/C13H21NO3/c1-3-17-12(16)11-13(2,8-10(15)14-11)7-9-5-4-6-9/h9,11H,3-8H2,1-2H3,(H,14,15). The second kappa shape index (κ2) is 4.67. The summed E-state index contributed by atoms with van der Waals surface area (Å²) < 4.78 is 5.05. The summed E-state index contributed by atoms with van der Waals surface area (Å²) in [5.41, 5.74) is -0.256. The molecule has 0 radical (unpaired) electrons. The van der Waals surface area contributed by atoms with Gasteiger partial charge in [0.25, 0.3) is 0 Å². The summed E-state index contributed by atoms with van der Waals surface area (Å²) in [5, 5.41) is 2.77. The highest BCUT2D eigenvalue weighted by atomic mass is 16.5. The first-order valence-electron chi connectivity index (χ1n) is 6.51. The number of esters is 1. The summed E-state index contributed by atoms with van der Waals surface area (Å²) in [4.78, 5) is 23.4. The van der Waals surface area contributed by atoms with E-state index in [1.807, 2.05) is 6.92 Å². The Kier molecular flexibility index (Phi) is 3.40. The van der Waals surface area contributed by atoms with Crippen LogP contribution < -0.4 is 5.32 Å². The fraction of sp³-hybridized carbons (Fsp3) is 0.846. The highest BCUT2D eigenvalue weighted by Gasteiger charge is 2.49. The second-order valence-corrected chi connectivity index (χ2v) is 5.58. The minimum atomic E-state index is -0.449. The Bertz CT molecular complexity index is 325. The van der Waals surface area contributed by atoms with Crippen molar-refractivity contribution in [3.63, 3.8) is 0 Å². The van der Waals surface area contributed by atoms with E-state index in [1.165, 1.54) is 19.3 Å². The number of carbonyl (C=O) groups is 2. The first kappa shape index (κ1) is 12.4. The van der Waals surface area contributed by atoms with E-state index in [0.29, 0.717) is 18.9 Å². The minimum absolute atomic E-state index is 0.0233. The first-order valence-corrected chi connectivity index (χ1v) is 6.51. The van der Waals surface area contributed by atoms with Crippen molar-refractivity contribution in [1.82, 2.24) is 5.32 Å². The third kappa shape index (κ3) is 2.45. The van der Waals surface area contributed by atoms with Gasteiger partial charge in [0, 0.05) is 11.8 Å². The third-order valence-electron chi connectivity index (χ3n) is 4.07. The zero-order valence-electron chi connectivity index (χ0n) is 10.6. The average molecular weight is 239 g/mol. The van der Waals surface area contributed by atoms with E-state index in [-0.39, 0.29) is 17.3 Å². The number of hydrogen-bond donors (Lipinski definition) is 1. The molecule has 2 unspecified atom stereocenters. The van der Waals surface area contributed by atoms with Gasteiger partial charge in [0.1, 0.15) is 6.04 Å². The van der Waals surface area contributed by atoms with E-state index in [9.17, 15) is 9.59 Å². The molecule has 2 atom stereocenters. The van der Waals surface area contributed by atoms with Crippen LogP contribution in [0, 0.1) is 11.3 Å². The summed E-state index contributed by atoms with van der Waals surface area (Å²) in [6, 6.07) is -0.449. The van der Waals surface area contributed by atoms with Gasteiger partial charge in [-0.25, -0.2) is 4.79 Å². The quantitative estimate of drug-likeness (QED) is 0.759. The lowest BCUT2D eigenvalue weighted by atomic mass is 9.69. The van der Waals surface area contributed by atoms with Crippen LogP contribution in [-0.4, -0.2) is 24.5 Å². The topological polar surface area (TPSA) is 55.4 Å². The van der Waals surface area contributed by atoms with Crippen molar-refractivity contribution in [1.29, 1.82) is 0 Å². The minimum Gasteiger partial charge on any atom is -0.464 e. The number of ether oxygens (including phenoxy) is 1. The van der Waals surface area contributed by atoms with E-state index in [1.54, 1.807) is 6.92 Å². The van der Waals surface area contributed by atoms with Crippen LogP contribution in [0.4, 0.5) is 0 Å². The number of amides is 1. The van der Waals surface area contributed by atoms with Crippen molar-refractivity contribution >= 4 is 11.9 Å². The van der Waals surface area contributed by atoms with Crippen molar-refractivity contribution in [2.75, 3.05) is 6.61 Å². The predicted molar refractivity (Wildman–Crippen MR) is 63.2 cm³/mol. The highest BCUT2D eigenvalue weighted by molar-refractivity contribution is 5.89. The van der Waals surface area contributed by atoms with Gasteiger partial charge in [-0.3, -0.25) is 4.79 Å². The summed E-state index contributed by atoms with van der Waals surface area (Å²) in [6.07, 6.45) is 5.16. The smallest absolute Gasteiger partial charge is 0.329 e.